The number of aryl methyl sites for hydroxylation is 1. The van der Waals surface area contributed by atoms with Crippen molar-refractivity contribution in [3.8, 4) is 5.75 Å². The van der Waals surface area contributed by atoms with E-state index in [-0.39, 0.29) is 0 Å². The average Bonchev–Trinajstić information content (AvgIpc) is 2.44. The number of rotatable bonds is 8. The van der Waals surface area contributed by atoms with Crippen LogP contribution in [0, 0.1) is 0 Å². The van der Waals surface area contributed by atoms with Crippen LogP contribution in [0.15, 0.2) is 16.6 Å². The van der Waals surface area contributed by atoms with E-state index in [1.165, 1.54) is 11.1 Å². The summed E-state index contributed by atoms with van der Waals surface area (Å²) in [7, 11) is 1.03. The lowest BCUT2D eigenvalue weighted by molar-refractivity contribution is 0.116. The number of hydrogen-bond donors (Lipinski definition) is 0. The van der Waals surface area contributed by atoms with E-state index in [9.17, 15) is 0 Å². The Bertz CT molecular complexity index is 458. The van der Waals surface area contributed by atoms with E-state index >= 15 is 0 Å². The lowest BCUT2D eigenvalue weighted by Gasteiger charge is -2.28. The number of benzene rings is 1. The Balaban J connectivity index is 2.63. The summed E-state index contributed by atoms with van der Waals surface area (Å²) < 4.78 is 12.4. The third kappa shape index (κ3) is 5.42. The SMILES string of the molecule is CCc1cc(Br)c(OC)cc1CCOCC(C)(C)[SiH](C)C. The zero-order valence-corrected chi connectivity index (χ0v) is 17.0. The Morgan fingerprint density at radius 3 is 2.38 bits per heavy atom. The fraction of sp³-hybridized carbons (Fsp3) is 0.647. The van der Waals surface area contributed by atoms with Gasteiger partial charge in [0.25, 0.3) is 0 Å². The monoisotopic (exact) mass is 372 g/mol. The molecule has 4 heteroatoms. The van der Waals surface area contributed by atoms with Crippen LogP contribution in [0.25, 0.3) is 0 Å². The van der Waals surface area contributed by atoms with Gasteiger partial charge in [0.15, 0.2) is 0 Å². The predicted octanol–water partition coefficient (Wildman–Crippen LogP) is 4.85. The molecule has 1 aromatic carbocycles. The standard InChI is InChI=1S/C17H29BrO2Si/c1-7-13-10-15(18)16(19-4)11-14(13)8-9-20-12-17(2,3)21(5)6/h10-11,21H,7-9,12H2,1-6H3. The van der Waals surface area contributed by atoms with Gasteiger partial charge < -0.3 is 9.47 Å². The molecule has 0 unspecified atom stereocenters. The van der Waals surface area contributed by atoms with Crippen molar-refractivity contribution in [2.45, 2.75) is 51.7 Å². The van der Waals surface area contributed by atoms with Crippen molar-refractivity contribution in [2.24, 2.45) is 0 Å². The Kier molecular flexibility index (Phi) is 7.44. The number of hydrogen-bond acceptors (Lipinski definition) is 2. The summed E-state index contributed by atoms with van der Waals surface area (Å²) in [6, 6.07) is 4.30. The van der Waals surface area contributed by atoms with Crippen molar-refractivity contribution in [2.75, 3.05) is 20.3 Å². The first kappa shape index (κ1) is 18.7. The molecule has 0 saturated carbocycles. The fourth-order valence-corrected chi connectivity index (χ4v) is 3.04. The second-order valence-electron chi connectivity index (χ2n) is 6.55. The summed E-state index contributed by atoms with van der Waals surface area (Å²) in [5.74, 6) is 0.900. The van der Waals surface area contributed by atoms with Gasteiger partial charge in [-0.2, -0.15) is 0 Å². The van der Waals surface area contributed by atoms with Crippen LogP contribution in [0.4, 0.5) is 0 Å². The van der Waals surface area contributed by atoms with Gasteiger partial charge in [-0.3, -0.25) is 0 Å². The predicted molar refractivity (Wildman–Crippen MR) is 97.5 cm³/mol. The first-order valence-electron chi connectivity index (χ1n) is 7.74. The van der Waals surface area contributed by atoms with Crippen LogP contribution in [0.5, 0.6) is 5.75 Å². The molecule has 0 amide bonds. The zero-order valence-electron chi connectivity index (χ0n) is 14.3. The molecule has 120 valence electrons. The highest BCUT2D eigenvalue weighted by Crippen LogP contribution is 2.30. The van der Waals surface area contributed by atoms with Crippen LogP contribution in [0.3, 0.4) is 0 Å². The quantitative estimate of drug-likeness (QED) is 0.479. The van der Waals surface area contributed by atoms with E-state index in [0.717, 1.165) is 36.3 Å². The van der Waals surface area contributed by atoms with Gasteiger partial charge in [0.1, 0.15) is 5.75 Å². The Morgan fingerprint density at radius 2 is 1.86 bits per heavy atom. The van der Waals surface area contributed by atoms with E-state index < -0.39 is 8.80 Å². The highest BCUT2D eigenvalue weighted by molar-refractivity contribution is 9.10. The molecule has 2 nitrogen and oxygen atoms in total. The summed E-state index contributed by atoms with van der Waals surface area (Å²) in [4.78, 5) is 0. The molecular weight excluding hydrogens is 344 g/mol. The molecule has 1 aromatic rings. The van der Waals surface area contributed by atoms with Crippen LogP contribution in [0.2, 0.25) is 18.1 Å². The summed E-state index contributed by atoms with van der Waals surface area (Å²) in [6.45, 7) is 13.3. The molecule has 0 heterocycles. The minimum Gasteiger partial charge on any atom is -0.496 e. The van der Waals surface area contributed by atoms with Crippen LogP contribution in [-0.2, 0) is 17.6 Å². The van der Waals surface area contributed by atoms with Gasteiger partial charge in [-0.25, -0.2) is 0 Å². The summed E-state index contributed by atoms with van der Waals surface area (Å²) in [5.41, 5.74) is 2.70. The lowest BCUT2D eigenvalue weighted by Crippen LogP contribution is -2.26. The normalized spacial score (nSPS) is 12.0. The largest absolute Gasteiger partial charge is 0.496 e. The Labute approximate surface area is 140 Å². The number of ether oxygens (including phenoxy) is 2. The third-order valence-corrected chi connectivity index (χ3v) is 8.32. The minimum atomic E-state index is -0.683. The molecule has 0 saturated heterocycles. The minimum absolute atomic E-state index is 0.366. The smallest absolute Gasteiger partial charge is 0.133 e. The van der Waals surface area contributed by atoms with Gasteiger partial charge in [-0.1, -0.05) is 33.9 Å². The van der Waals surface area contributed by atoms with Crippen molar-refractivity contribution >= 4 is 24.7 Å². The van der Waals surface area contributed by atoms with Crippen molar-refractivity contribution in [1.29, 1.82) is 0 Å². The van der Waals surface area contributed by atoms with Crippen LogP contribution >= 0.6 is 15.9 Å². The van der Waals surface area contributed by atoms with Crippen molar-refractivity contribution in [3.05, 3.63) is 27.7 Å². The van der Waals surface area contributed by atoms with Gasteiger partial charge in [0, 0.05) is 15.4 Å². The van der Waals surface area contributed by atoms with Gasteiger partial charge in [-0.15, -0.1) is 0 Å². The molecule has 0 aliphatic rings. The summed E-state index contributed by atoms with van der Waals surface area (Å²) >= 11 is 3.55. The second kappa shape index (κ2) is 8.35. The maximum absolute atomic E-state index is 5.95. The Hall–Kier alpha value is -0.323. The van der Waals surface area contributed by atoms with Crippen molar-refractivity contribution < 1.29 is 9.47 Å². The van der Waals surface area contributed by atoms with Crippen molar-refractivity contribution in [1.82, 2.24) is 0 Å². The zero-order chi connectivity index (χ0) is 16.0. The first-order valence-corrected chi connectivity index (χ1v) is 11.4. The molecule has 0 atom stereocenters. The molecule has 0 radical (unpaired) electrons. The van der Waals surface area contributed by atoms with Crippen LogP contribution in [-0.4, -0.2) is 29.1 Å². The lowest BCUT2D eigenvalue weighted by atomic mass is 10.0. The molecular formula is C17H29BrO2Si. The topological polar surface area (TPSA) is 18.5 Å². The van der Waals surface area contributed by atoms with E-state index in [1.807, 2.05) is 0 Å². The third-order valence-electron chi connectivity index (χ3n) is 4.41. The van der Waals surface area contributed by atoms with E-state index in [2.05, 4.69) is 61.9 Å². The summed E-state index contributed by atoms with van der Waals surface area (Å²) in [6.07, 6.45) is 1.98. The van der Waals surface area contributed by atoms with Gasteiger partial charge in [-0.05, 0) is 57.1 Å². The van der Waals surface area contributed by atoms with E-state index in [1.54, 1.807) is 7.11 Å². The molecule has 0 aliphatic carbocycles. The highest BCUT2D eigenvalue weighted by Gasteiger charge is 2.23. The van der Waals surface area contributed by atoms with Gasteiger partial charge in [0.2, 0.25) is 0 Å². The van der Waals surface area contributed by atoms with Gasteiger partial charge >= 0.3 is 0 Å². The van der Waals surface area contributed by atoms with Crippen molar-refractivity contribution in [3.63, 3.8) is 0 Å². The summed E-state index contributed by atoms with van der Waals surface area (Å²) in [5, 5.41) is 0.366. The van der Waals surface area contributed by atoms with Crippen LogP contribution in [0.1, 0.15) is 31.9 Å². The van der Waals surface area contributed by atoms with E-state index in [0.29, 0.717) is 5.04 Å². The highest BCUT2D eigenvalue weighted by atomic mass is 79.9. The maximum Gasteiger partial charge on any atom is 0.133 e. The van der Waals surface area contributed by atoms with E-state index in [4.69, 9.17) is 9.47 Å². The molecule has 0 aromatic heterocycles. The second-order valence-corrected chi connectivity index (χ2v) is 11.3. The number of methoxy groups -OCH3 is 1. The molecule has 0 N–H and O–H groups in total. The fourth-order valence-electron chi connectivity index (χ4n) is 2.04. The first-order chi connectivity index (χ1) is 9.81. The molecule has 0 aliphatic heterocycles. The maximum atomic E-state index is 5.95. The molecule has 0 bridgehead atoms. The average molecular weight is 373 g/mol. The molecule has 0 spiro atoms. The molecule has 21 heavy (non-hydrogen) atoms. The number of halogens is 1. The van der Waals surface area contributed by atoms with Gasteiger partial charge in [0.05, 0.1) is 18.2 Å². The van der Waals surface area contributed by atoms with Crippen LogP contribution < -0.4 is 4.74 Å². The Morgan fingerprint density at radius 1 is 1.19 bits per heavy atom. The molecule has 1 rings (SSSR count). The molecule has 0 fully saturated rings.